The number of benzene rings is 2. The molecule has 0 N–H and O–H groups in total. The molecule has 3 rings (SSSR count). The molecule has 1 aliphatic rings. The molecule has 25 heavy (non-hydrogen) atoms. The van der Waals surface area contributed by atoms with Crippen LogP contribution in [0.25, 0.3) is 6.08 Å². The number of carbonyl (C=O) groups is 1. The molecule has 0 aromatic heterocycles. The molecule has 0 radical (unpaired) electrons. The van der Waals surface area contributed by atoms with Gasteiger partial charge in [-0.05, 0) is 42.8 Å². The maximum atomic E-state index is 13.2. The number of hydrogen-bond acceptors (Lipinski definition) is 3. The van der Waals surface area contributed by atoms with Gasteiger partial charge in [0.1, 0.15) is 11.5 Å². The molecule has 1 heterocycles. The van der Waals surface area contributed by atoms with Gasteiger partial charge < -0.3 is 0 Å². The summed E-state index contributed by atoms with van der Waals surface area (Å²) in [5, 5.41) is 0.571. The van der Waals surface area contributed by atoms with Crippen LogP contribution in [0, 0.1) is 5.82 Å². The molecule has 126 valence electrons. The van der Waals surface area contributed by atoms with E-state index in [1.807, 2.05) is 37.3 Å². The predicted octanol–water partition coefficient (Wildman–Crippen LogP) is 4.88. The van der Waals surface area contributed by atoms with E-state index in [1.165, 1.54) is 28.8 Å². The number of halogens is 1. The van der Waals surface area contributed by atoms with Crippen molar-refractivity contribution < 1.29 is 9.18 Å². The first kappa shape index (κ1) is 17.2. The van der Waals surface area contributed by atoms with Gasteiger partial charge in [-0.3, -0.25) is 9.69 Å². The largest absolute Gasteiger partial charge is 0.283 e. The van der Waals surface area contributed by atoms with Crippen LogP contribution < -0.4 is 4.90 Å². The van der Waals surface area contributed by atoms with Crippen LogP contribution in [0.4, 0.5) is 10.1 Å². The van der Waals surface area contributed by atoms with Gasteiger partial charge in [0.15, 0.2) is 5.17 Å². The number of anilines is 1. The zero-order chi connectivity index (χ0) is 17.8. The van der Waals surface area contributed by atoms with Crippen molar-refractivity contribution in [2.75, 3.05) is 10.7 Å². The third-order valence-electron chi connectivity index (χ3n) is 3.47. The van der Waals surface area contributed by atoms with Gasteiger partial charge >= 0.3 is 0 Å². The molecular weight excluding hydrogens is 335 g/mol. The van der Waals surface area contributed by atoms with Crippen LogP contribution in [0.1, 0.15) is 12.5 Å². The maximum absolute atomic E-state index is 13.2. The zero-order valence-electron chi connectivity index (χ0n) is 13.8. The number of aliphatic imine (C=N–C) groups is 1. The van der Waals surface area contributed by atoms with Crippen molar-refractivity contribution in [3.63, 3.8) is 0 Å². The Hall–Kier alpha value is -2.66. The van der Waals surface area contributed by atoms with Crippen LogP contribution in [0.5, 0.6) is 0 Å². The van der Waals surface area contributed by atoms with Crippen molar-refractivity contribution in [1.29, 1.82) is 0 Å². The highest BCUT2D eigenvalue weighted by Crippen LogP contribution is 2.30. The van der Waals surface area contributed by atoms with Crippen LogP contribution in [0.15, 0.2) is 77.4 Å². The summed E-state index contributed by atoms with van der Waals surface area (Å²) >= 11 is 1.44. The van der Waals surface area contributed by atoms with Gasteiger partial charge in [0.25, 0.3) is 5.91 Å². The Balaban J connectivity index is 1.97. The monoisotopic (exact) mass is 352 g/mol. The van der Waals surface area contributed by atoms with Crippen LogP contribution in [-0.2, 0) is 4.79 Å². The fraction of sp³-hybridized carbons (Fsp3) is 0.100. The first-order valence-electron chi connectivity index (χ1n) is 7.77. The van der Waals surface area contributed by atoms with E-state index >= 15 is 0 Å². The number of amidine groups is 1. The molecule has 0 unspecified atom stereocenters. The second kappa shape index (κ2) is 7.49. The summed E-state index contributed by atoms with van der Waals surface area (Å²) in [5.41, 5.74) is 2.84. The van der Waals surface area contributed by atoms with Crippen LogP contribution in [-0.4, -0.2) is 16.8 Å². The van der Waals surface area contributed by atoms with Crippen LogP contribution in [0.3, 0.4) is 0 Å². The highest BCUT2D eigenvalue weighted by atomic mass is 32.2. The van der Waals surface area contributed by atoms with Crippen molar-refractivity contribution >= 4 is 34.6 Å². The van der Waals surface area contributed by atoms with Crippen molar-refractivity contribution in [1.82, 2.24) is 0 Å². The Morgan fingerprint density at radius 3 is 2.52 bits per heavy atom. The Labute approximate surface area is 150 Å². The van der Waals surface area contributed by atoms with E-state index in [0.717, 1.165) is 11.1 Å². The first-order valence-corrected chi connectivity index (χ1v) is 8.76. The average molecular weight is 352 g/mol. The molecular formula is C20H17FN2OS. The van der Waals surface area contributed by atoms with Gasteiger partial charge in [-0.25, -0.2) is 9.38 Å². The van der Waals surface area contributed by atoms with Gasteiger partial charge in [-0.1, -0.05) is 54.2 Å². The molecule has 0 spiro atoms. The summed E-state index contributed by atoms with van der Waals surface area (Å²) in [7, 11) is 0. The highest BCUT2D eigenvalue weighted by Gasteiger charge is 2.31. The number of nitrogens with zero attached hydrogens (tertiary/aromatic N) is 2. The lowest BCUT2D eigenvalue weighted by molar-refractivity contribution is -0.113. The fourth-order valence-electron chi connectivity index (χ4n) is 2.31. The molecule has 1 aliphatic heterocycles. The van der Waals surface area contributed by atoms with Crippen LogP contribution in [0.2, 0.25) is 0 Å². The minimum atomic E-state index is -0.344. The van der Waals surface area contributed by atoms with Gasteiger partial charge in [-0.2, -0.15) is 0 Å². The predicted molar refractivity (Wildman–Crippen MR) is 103 cm³/mol. The molecule has 3 nitrogen and oxygen atoms in total. The average Bonchev–Trinajstić information content (AvgIpc) is 2.91. The van der Waals surface area contributed by atoms with Gasteiger partial charge in [-0.15, -0.1) is 0 Å². The summed E-state index contributed by atoms with van der Waals surface area (Å²) in [4.78, 5) is 18.9. The van der Waals surface area contributed by atoms with E-state index in [4.69, 9.17) is 0 Å². The Morgan fingerprint density at radius 1 is 1.20 bits per heavy atom. The van der Waals surface area contributed by atoms with Crippen molar-refractivity contribution in [3.05, 3.63) is 83.8 Å². The molecule has 0 saturated heterocycles. The highest BCUT2D eigenvalue weighted by molar-refractivity contribution is 8.14. The summed E-state index contributed by atoms with van der Waals surface area (Å²) < 4.78 is 13.2. The van der Waals surface area contributed by atoms with E-state index in [9.17, 15) is 9.18 Å². The Bertz CT molecular complexity index is 857. The van der Waals surface area contributed by atoms with Crippen molar-refractivity contribution in [3.8, 4) is 0 Å². The Kier molecular flexibility index (Phi) is 5.14. The molecule has 2 aromatic carbocycles. The second-order valence-corrected chi connectivity index (χ2v) is 6.64. The lowest BCUT2D eigenvalue weighted by atomic mass is 10.2. The summed E-state index contributed by atoms with van der Waals surface area (Å²) in [5.74, 6) is 0.0887. The summed E-state index contributed by atoms with van der Waals surface area (Å²) in [6.07, 6.45) is 1.76. The van der Waals surface area contributed by atoms with Crippen molar-refractivity contribution in [2.45, 2.75) is 6.92 Å². The smallest absolute Gasteiger partial charge is 0.266 e. The summed E-state index contributed by atoms with van der Waals surface area (Å²) in [6, 6.07) is 15.4. The molecule has 0 bridgehead atoms. The standard InChI is InChI=1S/C20H17FN2OS/c1-14(2)13-25-20-22-18(12-15-6-4-3-5-7-15)19(24)23(20)17-10-8-16(21)9-11-17/h3-12H,1,13H2,2H3. The molecule has 1 amide bonds. The first-order chi connectivity index (χ1) is 12.0. The normalized spacial score (nSPS) is 15.6. The number of hydrogen-bond donors (Lipinski definition) is 0. The third-order valence-corrected chi connectivity index (χ3v) is 4.63. The fourth-order valence-corrected chi connectivity index (χ4v) is 3.16. The maximum Gasteiger partial charge on any atom is 0.283 e. The van der Waals surface area contributed by atoms with E-state index in [2.05, 4.69) is 11.6 Å². The molecule has 2 aromatic rings. The summed E-state index contributed by atoms with van der Waals surface area (Å²) in [6.45, 7) is 5.81. The molecule has 0 saturated carbocycles. The topological polar surface area (TPSA) is 32.7 Å². The van der Waals surface area contributed by atoms with Gasteiger partial charge in [0.2, 0.25) is 0 Å². The molecule has 0 atom stereocenters. The molecule has 0 aliphatic carbocycles. The van der Waals surface area contributed by atoms with Crippen LogP contribution >= 0.6 is 11.8 Å². The van der Waals surface area contributed by atoms with Crippen molar-refractivity contribution in [2.24, 2.45) is 4.99 Å². The molecule has 0 fully saturated rings. The molecule has 5 heteroatoms. The van der Waals surface area contributed by atoms with E-state index in [-0.39, 0.29) is 11.7 Å². The minimum absolute atomic E-state index is 0.223. The number of thioether (sulfide) groups is 1. The van der Waals surface area contributed by atoms with Gasteiger partial charge in [0, 0.05) is 5.75 Å². The Morgan fingerprint density at radius 2 is 1.88 bits per heavy atom. The second-order valence-electron chi connectivity index (χ2n) is 5.70. The van der Waals surface area contributed by atoms with E-state index in [1.54, 1.807) is 18.2 Å². The lowest BCUT2D eigenvalue weighted by Crippen LogP contribution is -2.30. The number of amides is 1. The minimum Gasteiger partial charge on any atom is -0.266 e. The van der Waals surface area contributed by atoms with E-state index < -0.39 is 0 Å². The SMILES string of the molecule is C=C(C)CSC1=NC(=Cc2ccccc2)C(=O)N1c1ccc(F)cc1. The zero-order valence-corrected chi connectivity index (χ0v) is 14.6. The quantitative estimate of drug-likeness (QED) is 0.580. The number of carbonyl (C=O) groups excluding carboxylic acids is 1. The van der Waals surface area contributed by atoms with E-state index in [0.29, 0.717) is 22.3 Å². The third kappa shape index (κ3) is 4.06. The number of rotatable bonds is 4. The lowest BCUT2D eigenvalue weighted by Gasteiger charge is -2.17. The van der Waals surface area contributed by atoms with Gasteiger partial charge in [0.05, 0.1) is 5.69 Å².